The minimum atomic E-state index is -0.0890. The molecule has 2 aromatic rings. The van der Waals surface area contributed by atoms with Crippen LogP contribution in [0.1, 0.15) is 42.9 Å². The van der Waals surface area contributed by atoms with Crippen molar-refractivity contribution in [3.63, 3.8) is 0 Å². The molecular weight excluding hydrogens is 372 g/mol. The number of nitrogens with zero attached hydrogens (tertiary/aromatic N) is 1. The van der Waals surface area contributed by atoms with Crippen molar-refractivity contribution in [1.29, 1.82) is 0 Å². The summed E-state index contributed by atoms with van der Waals surface area (Å²) in [6, 6.07) is 11.6. The van der Waals surface area contributed by atoms with Crippen LogP contribution in [0.15, 0.2) is 40.8 Å². The number of rotatable bonds is 6. The maximum absolute atomic E-state index is 12.8. The fourth-order valence-corrected chi connectivity index (χ4v) is 4.28. The number of piperidine rings is 1. The molecule has 1 N–H and O–H groups in total. The molecule has 150 valence electrons. The molecule has 1 fully saturated rings. The number of anilines is 1. The molecule has 2 heterocycles. The first-order valence-electron chi connectivity index (χ1n) is 9.72. The number of hydrogen-bond donors (Lipinski definition) is 1. The topological polar surface area (TPSA) is 62.6 Å². The number of carbonyl (C=O) groups excluding carboxylic acids is 2. The maximum Gasteiger partial charge on any atom is 0.234 e. The van der Waals surface area contributed by atoms with Crippen LogP contribution in [-0.2, 0) is 9.59 Å². The van der Waals surface area contributed by atoms with Crippen LogP contribution in [0, 0.1) is 19.8 Å². The monoisotopic (exact) mass is 400 g/mol. The zero-order chi connectivity index (χ0) is 20.1. The van der Waals surface area contributed by atoms with Gasteiger partial charge in [-0.3, -0.25) is 9.59 Å². The van der Waals surface area contributed by atoms with Crippen LogP contribution in [-0.4, -0.2) is 34.8 Å². The van der Waals surface area contributed by atoms with Gasteiger partial charge in [0.1, 0.15) is 11.5 Å². The molecule has 2 amide bonds. The lowest BCUT2D eigenvalue weighted by molar-refractivity contribution is -0.133. The summed E-state index contributed by atoms with van der Waals surface area (Å²) in [6.45, 7) is 6.86. The Labute approximate surface area is 170 Å². The van der Waals surface area contributed by atoms with Gasteiger partial charge in [-0.2, -0.15) is 0 Å². The van der Waals surface area contributed by atoms with Crippen LogP contribution in [0.2, 0.25) is 0 Å². The molecule has 2 atom stereocenters. The Bertz CT molecular complexity index is 833. The van der Waals surface area contributed by atoms with E-state index < -0.39 is 0 Å². The Morgan fingerprint density at radius 1 is 1.21 bits per heavy atom. The molecule has 28 heavy (non-hydrogen) atoms. The normalized spacial score (nSPS) is 19.5. The van der Waals surface area contributed by atoms with E-state index in [9.17, 15) is 9.59 Å². The smallest absolute Gasteiger partial charge is 0.234 e. The number of carbonyl (C=O) groups is 2. The Kier molecular flexibility index (Phi) is 6.83. The first-order valence-corrected chi connectivity index (χ1v) is 10.9. The van der Waals surface area contributed by atoms with E-state index in [0.29, 0.717) is 11.7 Å². The highest BCUT2D eigenvalue weighted by Crippen LogP contribution is 2.35. The minimum Gasteiger partial charge on any atom is -0.464 e. The summed E-state index contributed by atoms with van der Waals surface area (Å²) in [4.78, 5) is 26.9. The van der Waals surface area contributed by atoms with Crippen LogP contribution in [0.25, 0.3) is 0 Å². The summed E-state index contributed by atoms with van der Waals surface area (Å²) in [6.07, 6.45) is 1.91. The van der Waals surface area contributed by atoms with Crippen LogP contribution < -0.4 is 5.32 Å². The molecule has 0 saturated carbocycles. The zero-order valence-corrected chi connectivity index (χ0v) is 17.6. The predicted molar refractivity (Wildman–Crippen MR) is 113 cm³/mol. The summed E-state index contributed by atoms with van der Waals surface area (Å²) in [5, 5.41) is 2.88. The second-order valence-electron chi connectivity index (χ2n) is 7.59. The Morgan fingerprint density at radius 3 is 2.75 bits per heavy atom. The average Bonchev–Trinajstić information content (AvgIpc) is 3.08. The van der Waals surface area contributed by atoms with Crippen molar-refractivity contribution in [2.75, 3.05) is 23.4 Å². The van der Waals surface area contributed by atoms with E-state index in [1.54, 1.807) is 0 Å². The van der Waals surface area contributed by atoms with Crippen LogP contribution in [0.4, 0.5) is 5.69 Å². The summed E-state index contributed by atoms with van der Waals surface area (Å²) in [7, 11) is 0. The molecule has 1 aliphatic heterocycles. The Morgan fingerprint density at radius 2 is 2.04 bits per heavy atom. The third-order valence-corrected chi connectivity index (χ3v) is 5.95. The van der Waals surface area contributed by atoms with Gasteiger partial charge in [-0.05, 0) is 62.4 Å². The minimum absolute atomic E-state index is 0.00771. The number of likely N-dealkylation sites (tertiary alicyclic amines) is 1. The van der Waals surface area contributed by atoms with Crippen molar-refractivity contribution in [3.05, 3.63) is 53.5 Å². The van der Waals surface area contributed by atoms with Crippen LogP contribution in [0.3, 0.4) is 0 Å². The number of amides is 2. The summed E-state index contributed by atoms with van der Waals surface area (Å²) in [5.74, 6) is 2.82. The lowest BCUT2D eigenvalue weighted by Gasteiger charge is -2.37. The molecule has 1 aliphatic rings. The quantitative estimate of drug-likeness (QED) is 0.772. The largest absolute Gasteiger partial charge is 0.464 e. The van der Waals surface area contributed by atoms with Gasteiger partial charge >= 0.3 is 0 Å². The first kappa shape index (κ1) is 20.5. The van der Waals surface area contributed by atoms with Crippen molar-refractivity contribution in [2.45, 2.75) is 39.7 Å². The fraction of sp³-hybridized carbons (Fsp3) is 0.455. The molecule has 1 aromatic heterocycles. The SMILES string of the molecule is Cc1cccc(NC(=O)CSCC(=O)N2CC[C@H](C)C[C@H]2c2ccc(C)o2)c1. The molecule has 0 aliphatic carbocycles. The van der Waals surface area contributed by atoms with Gasteiger partial charge in [0.05, 0.1) is 17.5 Å². The molecule has 0 bridgehead atoms. The van der Waals surface area contributed by atoms with Gasteiger partial charge in [0.15, 0.2) is 0 Å². The first-order chi connectivity index (χ1) is 13.4. The number of furan rings is 1. The van der Waals surface area contributed by atoms with Gasteiger partial charge in [-0.1, -0.05) is 19.1 Å². The lowest BCUT2D eigenvalue weighted by atomic mass is 9.91. The zero-order valence-electron chi connectivity index (χ0n) is 16.7. The highest BCUT2D eigenvalue weighted by molar-refractivity contribution is 8.00. The van der Waals surface area contributed by atoms with Crippen molar-refractivity contribution in [2.24, 2.45) is 5.92 Å². The van der Waals surface area contributed by atoms with E-state index in [1.165, 1.54) is 11.8 Å². The highest BCUT2D eigenvalue weighted by atomic mass is 32.2. The second-order valence-corrected chi connectivity index (χ2v) is 8.58. The maximum atomic E-state index is 12.8. The molecule has 1 aromatic carbocycles. The van der Waals surface area contributed by atoms with E-state index in [2.05, 4.69) is 12.2 Å². The number of nitrogens with one attached hydrogen (secondary N) is 1. The lowest BCUT2D eigenvalue weighted by Crippen LogP contribution is -2.41. The van der Waals surface area contributed by atoms with Crippen LogP contribution >= 0.6 is 11.8 Å². The standard InChI is InChI=1S/C22H28N2O3S/c1-15-5-4-6-18(11-15)23-21(25)13-28-14-22(26)24-10-9-16(2)12-19(24)20-8-7-17(3)27-20/h4-8,11,16,19H,9-10,12-14H2,1-3H3,(H,23,25)/t16-,19-/m0/s1. The van der Waals surface area contributed by atoms with Crippen molar-refractivity contribution >= 4 is 29.3 Å². The molecule has 0 spiro atoms. The van der Waals surface area contributed by atoms with Crippen molar-refractivity contribution in [3.8, 4) is 0 Å². The summed E-state index contributed by atoms with van der Waals surface area (Å²) in [5.41, 5.74) is 1.88. The molecule has 5 nitrogen and oxygen atoms in total. The fourth-order valence-electron chi connectivity index (χ4n) is 3.58. The van der Waals surface area contributed by atoms with Gasteiger partial charge in [0, 0.05) is 12.2 Å². The van der Waals surface area contributed by atoms with E-state index >= 15 is 0 Å². The highest BCUT2D eigenvalue weighted by Gasteiger charge is 2.32. The number of aryl methyl sites for hydroxylation is 2. The number of thioether (sulfide) groups is 1. The van der Waals surface area contributed by atoms with E-state index in [1.807, 2.05) is 55.1 Å². The second kappa shape index (κ2) is 9.32. The molecule has 6 heteroatoms. The van der Waals surface area contributed by atoms with E-state index in [-0.39, 0.29) is 23.6 Å². The van der Waals surface area contributed by atoms with Gasteiger partial charge in [0.25, 0.3) is 0 Å². The van der Waals surface area contributed by atoms with Gasteiger partial charge in [0.2, 0.25) is 11.8 Å². The van der Waals surface area contributed by atoms with Crippen molar-refractivity contribution in [1.82, 2.24) is 4.90 Å². The third-order valence-electron chi connectivity index (χ3n) is 5.04. The molecular formula is C22H28N2O3S. The van der Waals surface area contributed by atoms with Gasteiger partial charge < -0.3 is 14.6 Å². The third kappa shape index (κ3) is 5.41. The van der Waals surface area contributed by atoms with Gasteiger partial charge in [-0.15, -0.1) is 11.8 Å². The number of hydrogen-bond acceptors (Lipinski definition) is 4. The van der Waals surface area contributed by atoms with Crippen molar-refractivity contribution < 1.29 is 14.0 Å². The van der Waals surface area contributed by atoms with E-state index in [4.69, 9.17) is 4.42 Å². The molecule has 1 saturated heterocycles. The average molecular weight is 401 g/mol. The Balaban J connectivity index is 1.52. The van der Waals surface area contributed by atoms with Gasteiger partial charge in [-0.25, -0.2) is 0 Å². The summed E-state index contributed by atoms with van der Waals surface area (Å²) >= 11 is 1.36. The predicted octanol–water partition coefficient (Wildman–Crippen LogP) is 4.57. The summed E-state index contributed by atoms with van der Waals surface area (Å²) < 4.78 is 5.81. The van der Waals surface area contributed by atoms with Crippen LogP contribution in [0.5, 0.6) is 0 Å². The van der Waals surface area contributed by atoms with E-state index in [0.717, 1.165) is 42.2 Å². The Hall–Kier alpha value is -2.21. The molecule has 3 rings (SSSR count). The number of benzene rings is 1. The molecule has 0 unspecified atom stereocenters. The molecule has 0 radical (unpaired) electrons.